The van der Waals surface area contributed by atoms with Crippen molar-refractivity contribution in [2.45, 2.75) is 19.1 Å². The van der Waals surface area contributed by atoms with Gasteiger partial charge in [-0.1, -0.05) is 0 Å². The number of hydrogen-bond donors (Lipinski definition) is 3. The molecule has 13 heavy (non-hydrogen) atoms. The Kier molecular flexibility index (Phi) is 3.05. The third-order valence-corrected chi connectivity index (χ3v) is 1.60. The zero-order valence-electron chi connectivity index (χ0n) is 6.93. The van der Waals surface area contributed by atoms with Crippen LogP contribution in [0.25, 0.3) is 0 Å². The van der Waals surface area contributed by atoms with Crippen LogP contribution in [-0.2, 0) is 11.4 Å². The molecule has 1 aromatic heterocycles. The van der Waals surface area contributed by atoms with Gasteiger partial charge in [-0.05, 0) is 12.1 Å². The Morgan fingerprint density at radius 1 is 1.62 bits per heavy atom. The Morgan fingerprint density at radius 2 is 2.31 bits per heavy atom. The second kappa shape index (κ2) is 4.06. The van der Waals surface area contributed by atoms with Crippen molar-refractivity contribution in [3.8, 4) is 0 Å². The summed E-state index contributed by atoms with van der Waals surface area (Å²) in [6.07, 6.45) is -0.182. The number of rotatable bonds is 4. The molecule has 0 radical (unpaired) electrons. The van der Waals surface area contributed by atoms with Crippen LogP contribution >= 0.6 is 0 Å². The first kappa shape index (κ1) is 9.76. The maximum Gasteiger partial charge on any atom is 0.305 e. The fraction of sp³-hybridized carbons (Fsp3) is 0.375. The second-order valence-electron chi connectivity index (χ2n) is 2.67. The molecule has 1 aromatic rings. The van der Waals surface area contributed by atoms with Crippen molar-refractivity contribution in [1.82, 2.24) is 0 Å². The normalized spacial score (nSPS) is 12.8. The summed E-state index contributed by atoms with van der Waals surface area (Å²) in [5, 5.41) is 17.1. The fourth-order valence-electron chi connectivity index (χ4n) is 0.967. The van der Waals surface area contributed by atoms with Crippen LogP contribution < -0.4 is 5.73 Å². The van der Waals surface area contributed by atoms with Gasteiger partial charge in [0.1, 0.15) is 18.1 Å². The number of aliphatic hydroxyl groups excluding tert-OH is 1. The SMILES string of the molecule is NC(CC(=O)O)c1ccc(CO)o1. The molecule has 1 heterocycles. The Morgan fingerprint density at radius 3 is 2.77 bits per heavy atom. The molecule has 4 N–H and O–H groups in total. The standard InChI is InChI=1S/C8H11NO4/c9-6(3-8(11)12)7-2-1-5(4-10)13-7/h1-2,6,10H,3-4,9H2,(H,11,12). The Hall–Kier alpha value is -1.33. The molecule has 0 saturated carbocycles. The first-order valence-electron chi connectivity index (χ1n) is 3.80. The lowest BCUT2D eigenvalue weighted by atomic mass is 10.2. The summed E-state index contributed by atoms with van der Waals surface area (Å²) in [5.41, 5.74) is 5.51. The molecule has 0 aliphatic heterocycles. The highest BCUT2D eigenvalue weighted by molar-refractivity contribution is 5.67. The highest BCUT2D eigenvalue weighted by atomic mass is 16.4. The molecule has 1 atom stereocenters. The van der Waals surface area contributed by atoms with Crippen molar-refractivity contribution >= 4 is 5.97 Å². The van der Waals surface area contributed by atoms with Crippen molar-refractivity contribution in [2.24, 2.45) is 5.73 Å². The van der Waals surface area contributed by atoms with Crippen LogP contribution in [0.15, 0.2) is 16.5 Å². The molecule has 0 spiro atoms. The lowest BCUT2D eigenvalue weighted by molar-refractivity contribution is -0.137. The molecule has 0 aliphatic rings. The van der Waals surface area contributed by atoms with Crippen molar-refractivity contribution in [3.05, 3.63) is 23.7 Å². The van der Waals surface area contributed by atoms with Crippen molar-refractivity contribution in [1.29, 1.82) is 0 Å². The van der Waals surface area contributed by atoms with Crippen LogP contribution in [0.4, 0.5) is 0 Å². The van der Waals surface area contributed by atoms with E-state index >= 15 is 0 Å². The van der Waals surface area contributed by atoms with E-state index in [1.165, 1.54) is 0 Å². The zero-order valence-corrected chi connectivity index (χ0v) is 6.93. The lowest BCUT2D eigenvalue weighted by Gasteiger charge is -2.03. The average Bonchev–Trinajstić information content (AvgIpc) is 2.50. The maximum atomic E-state index is 10.3. The van der Waals surface area contributed by atoms with Gasteiger partial charge in [0.2, 0.25) is 0 Å². The maximum absolute atomic E-state index is 10.3. The van der Waals surface area contributed by atoms with E-state index < -0.39 is 12.0 Å². The van der Waals surface area contributed by atoms with Crippen LogP contribution in [0.3, 0.4) is 0 Å². The predicted octanol–water partition coefficient (Wildman–Crippen LogP) is 0.246. The molecule has 0 aliphatic carbocycles. The van der Waals surface area contributed by atoms with Gasteiger partial charge in [0, 0.05) is 0 Å². The highest BCUT2D eigenvalue weighted by Gasteiger charge is 2.14. The molecule has 0 fully saturated rings. The lowest BCUT2D eigenvalue weighted by Crippen LogP contribution is -2.14. The molecule has 0 aromatic carbocycles. The molecule has 0 saturated heterocycles. The average molecular weight is 185 g/mol. The summed E-state index contributed by atoms with van der Waals surface area (Å²) in [5.74, 6) is -0.211. The van der Waals surface area contributed by atoms with E-state index in [1.807, 2.05) is 0 Å². The first-order valence-corrected chi connectivity index (χ1v) is 3.80. The minimum absolute atomic E-state index is 0.182. The summed E-state index contributed by atoms with van der Waals surface area (Å²) in [6, 6.07) is 2.48. The van der Waals surface area contributed by atoms with E-state index in [9.17, 15) is 4.79 Å². The Balaban J connectivity index is 2.65. The third kappa shape index (κ3) is 2.57. The number of carboxylic acids is 1. The Labute approximate surface area is 74.8 Å². The number of carbonyl (C=O) groups is 1. The number of furan rings is 1. The molecule has 1 unspecified atom stereocenters. The van der Waals surface area contributed by atoms with E-state index in [0.29, 0.717) is 11.5 Å². The van der Waals surface area contributed by atoms with Gasteiger partial charge in [0.15, 0.2) is 0 Å². The molecular weight excluding hydrogens is 174 g/mol. The quantitative estimate of drug-likeness (QED) is 0.624. The summed E-state index contributed by atoms with van der Waals surface area (Å²) in [7, 11) is 0. The number of aliphatic hydroxyl groups is 1. The van der Waals surface area contributed by atoms with E-state index in [0.717, 1.165) is 0 Å². The first-order chi connectivity index (χ1) is 6.13. The summed E-state index contributed by atoms with van der Waals surface area (Å²) in [4.78, 5) is 10.3. The number of carboxylic acid groups (broad SMARTS) is 1. The fourth-order valence-corrected chi connectivity index (χ4v) is 0.967. The molecular formula is C8H11NO4. The largest absolute Gasteiger partial charge is 0.481 e. The number of nitrogens with two attached hydrogens (primary N) is 1. The topological polar surface area (TPSA) is 96.7 Å². The van der Waals surface area contributed by atoms with Gasteiger partial charge in [0.05, 0.1) is 12.5 Å². The molecule has 72 valence electrons. The molecule has 1 rings (SSSR count). The van der Waals surface area contributed by atoms with Gasteiger partial charge < -0.3 is 20.4 Å². The number of aliphatic carboxylic acids is 1. The summed E-state index contributed by atoms with van der Waals surface area (Å²) >= 11 is 0. The van der Waals surface area contributed by atoms with Gasteiger partial charge >= 0.3 is 5.97 Å². The highest BCUT2D eigenvalue weighted by Crippen LogP contribution is 2.17. The minimum atomic E-state index is -0.977. The predicted molar refractivity (Wildman–Crippen MR) is 43.8 cm³/mol. The van der Waals surface area contributed by atoms with Gasteiger partial charge in [-0.15, -0.1) is 0 Å². The second-order valence-corrected chi connectivity index (χ2v) is 2.67. The summed E-state index contributed by atoms with van der Waals surface area (Å²) in [6.45, 7) is -0.209. The smallest absolute Gasteiger partial charge is 0.305 e. The van der Waals surface area contributed by atoms with Gasteiger partial charge in [-0.2, -0.15) is 0 Å². The Bertz CT molecular complexity index is 294. The van der Waals surface area contributed by atoms with E-state index in [2.05, 4.69) is 0 Å². The van der Waals surface area contributed by atoms with Crippen LogP contribution in [0.1, 0.15) is 24.0 Å². The minimum Gasteiger partial charge on any atom is -0.481 e. The van der Waals surface area contributed by atoms with E-state index in [4.69, 9.17) is 20.4 Å². The van der Waals surface area contributed by atoms with Crippen LogP contribution in [0, 0.1) is 0 Å². The van der Waals surface area contributed by atoms with Gasteiger partial charge in [0.25, 0.3) is 0 Å². The molecule has 5 nitrogen and oxygen atoms in total. The van der Waals surface area contributed by atoms with Crippen molar-refractivity contribution < 1.29 is 19.4 Å². The van der Waals surface area contributed by atoms with Gasteiger partial charge in [-0.3, -0.25) is 4.79 Å². The van der Waals surface area contributed by atoms with E-state index in [-0.39, 0.29) is 13.0 Å². The van der Waals surface area contributed by atoms with Crippen LogP contribution in [0.2, 0.25) is 0 Å². The number of hydrogen-bond acceptors (Lipinski definition) is 4. The molecule has 0 amide bonds. The van der Waals surface area contributed by atoms with E-state index in [1.54, 1.807) is 12.1 Å². The van der Waals surface area contributed by atoms with Crippen LogP contribution in [0.5, 0.6) is 0 Å². The van der Waals surface area contributed by atoms with Gasteiger partial charge in [-0.25, -0.2) is 0 Å². The van der Waals surface area contributed by atoms with Crippen molar-refractivity contribution in [2.75, 3.05) is 0 Å². The third-order valence-electron chi connectivity index (χ3n) is 1.60. The zero-order chi connectivity index (χ0) is 9.84. The van der Waals surface area contributed by atoms with Crippen molar-refractivity contribution in [3.63, 3.8) is 0 Å². The van der Waals surface area contributed by atoms with Crippen LogP contribution in [-0.4, -0.2) is 16.2 Å². The monoisotopic (exact) mass is 185 g/mol. The molecule has 0 bridgehead atoms. The molecule has 5 heteroatoms. The summed E-state index contributed by atoms with van der Waals surface area (Å²) < 4.78 is 5.06.